The van der Waals surface area contributed by atoms with Gasteiger partial charge in [0.2, 0.25) is 0 Å². The summed E-state index contributed by atoms with van der Waals surface area (Å²) in [4.78, 5) is 37.9. The van der Waals surface area contributed by atoms with Gasteiger partial charge in [-0.15, -0.1) is 0 Å². The molecule has 2 fully saturated rings. The van der Waals surface area contributed by atoms with E-state index in [1.165, 1.54) is 11.8 Å². The van der Waals surface area contributed by atoms with Crippen molar-refractivity contribution in [2.24, 2.45) is 5.92 Å². The number of imide groups is 1. The fourth-order valence-electron chi connectivity index (χ4n) is 4.30. The van der Waals surface area contributed by atoms with Crippen LogP contribution in [-0.4, -0.2) is 52.6 Å². The number of piperidine rings is 1. The molecule has 7 nitrogen and oxygen atoms in total. The Bertz CT molecular complexity index is 581. The van der Waals surface area contributed by atoms with Crippen molar-refractivity contribution in [3.63, 3.8) is 0 Å². The fraction of sp³-hybridized carbons (Fsp3) is 0.833. The highest BCUT2D eigenvalue weighted by Gasteiger charge is 2.63. The molecule has 25 heavy (non-hydrogen) atoms. The Kier molecular flexibility index (Phi) is 5.19. The molecule has 2 heterocycles. The van der Waals surface area contributed by atoms with Crippen molar-refractivity contribution in [1.82, 2.24) is 15.5 Å². The maximum atomic E-state index is 13.3. The second-order valence-corrected chi connectivity index (χ2v) is 7.91. The van der Waals surface area contributed by atoms with E-state index in [-0.39, 0.29) is 36.1 Å². The first-order chi connectivity index (χ1) is 11.5. The van der Waals surface area contributed by atoms with Crippen LogP contribution in [0.25, 0.3) is 0 Å². The zero-order chi connectivity index (χ0) is 19.0. The van der Waals surface area contributed by atoms with E-state index in [9.17, 15) is 14.4 Å². The van der Waals surface area contributed by atoms with E-state index in [0.717, 1.165) is 12.8 Å². The van der Waals surface area contributed by atoms with Gasteiger partial charge in [-0.25, -0.2) is 4.79 Å². The zero-order valence-electron chi connectivity index (χ0n) is 16.2. The van der Waals surface area contributed by atoms with E-state index in [0.29, 0.717) is 6.42 Å². The molecule has 3 amide bonds. The van der Waals surface area contributed by atoms with Crippen LogP contribution in [0.5, 0.6) is 0 Å². The van der Waals surface area contributed by atoms with Gasteiger partial charge in [0.05, 0.1) is 6.54 Å². The van der Waals surface area contributed by atoms with Crippen LogP contribution >= 0.6 is 0 Å². The number of urea groups is 1. The summed E-state index contributed by atoms with van der Waals surface area (Å²) in [6.45, 7) is 11.8. The summed E-state index contributed by atoms with van der Waals surface area (Å²) in [5, 5.41) is 6.72. The van der Waals surface area contributed by atoms with E-state index in [4.69, 9.17) is 4.74 Å². The van der Waals surface area contributed by atoms with Gasteiger partial charge in [0.15, 0.2) is 0 Å². The van der Waals surface area contributed by atoms with Gasteiger partial charge in [-0.2, -0.15) is 0 Å². The number of rotatable bonds is 5. The number of ether oxygens (including phenoxy) is 1. The Morgan fingerprint density at radius 2 is 1.92 bits per heavy atom. The van der Waals surface area contributed by atoms with Crippen molar-refractivity contribution in [3.05, 3.63) is 0 Å². The number of hydrogen-bond acceptors (Lipinski definition) is 5. The molecule has 2 aliphatic heterocycles. The number of amides is 3. The second kappa shape index (κ2) is 6.59. The summed E-state index contributed by atoms with van der Waals surface area (Å²) >= 11 is 0. The van der Waals surface area contributed by atoms with Gasteiger partial charge in [-0.1, -0.05) is 20.8 Å². The quantitative estimate of drug-likeness (QED) is 0.581. The molecule has 142 valence electrons. The molecule has 7 heteroatoms. The molecule has 1 spiro atoms. The number of nitrogens with one attached hydrogen (secondary N) is 2. The fourth-order valence-corrected chi connectivity index (χ4v) is 4.30. The maximum Gasteiger partial charge on any atom is 0.325 e. The van der Waals surface area contributed by atoms with Crippen molar-refractivity contribution in [2.75, 3.05) is 13.2 Å². The van der Waals surface area contributed by atoms with Crippen molar-refractivity contribution in [3.8, 4) is 0 Å². The van der Waals surface area contributed by atoms with Gasteiger partial charge in [0.1, 0.15) is 12.1 Å². The van der Waals surface area contributed by atoms with Gasteiger partial charge >= 0.3 is 12.0 Å². The highest BCUT2D eigenvalue weighted by atomic mass is 16.5. The molecule has 2 aliphatic rings. The lowest BCUT2D eigenvalue weighted by molar-refractivity contribution is -0.144. The summed E-state index contributed by atoms with van der Waals surface area (Å²) in [5.41, 5.74) is -1.43. The van der Waals surface area contributed by atoms with Crippen molar-refractivity contribution >= 4 is 17.9 Å². The van der Waals surface area contributed by atoms with E-state index >= 15 is 0 Å². The normalized spacial score (nSPS) is 38.2. The average Bonchev–Trinajstić information content (AvgIpc) is 2.77. The predicted octanol–water partition coefficient (Wildman–Crippen LogP) is 1.81. The highest BCUT2D eigenvalue weighted by molar-refractivity contribution is 6.07. The first-order valence-corrected chi connectivity index (χ1v) is 9.10. The molecule has 4 unspecified atom stereocenters. The third-order valence-corrected chi connectivity index (χ3v) is 6.29. The number of esters is 1. The molecular formula is C18H31N3O4. The summed E-state index contributed by atoms with van der Waals surface area (Å²) in [5.74, 6) is -0.702. The Hall–Kier alpha value is -1.63. The van der Waals surface area contributed by atoms with Crippen LogP contribution in [0.1, 0.15) is 60.8 Å². The van der Waals surface area contributed by atoms with Gasteiger partial charge in [-0.05, 0) is 33.1 Å². The standard InChI is InChI=1S/C18H31N3O4/c1-7-16(5)11-18(12(3)17(6,8-2)20-16)14(23)21(15(24)19-18)9-10-25-13(4)22/h12,20H,7-11H2,1-6H3,(H,19,24). The minimum atomic E-state index is -0.923. The average molecular weight is 353 g/mol. The lowest BCUT2D eigenvalue weighted by Gasteiger charge is -2.56. The van der Waals surface area contributed by atoms with Crippen LogP contribution in [0, 0.1) is 5.92 Å². The molecule has 2 saturated heterocycles. The third kappa shape index (κ3) is 3.26. The lowest BCUT2D eigenvalue weighted by Crippen LogP contribution is -2.74. The van der Waals surface area contributed by atoms with Crippen molar-refractivity contribution in [2.45, 2.75) is 77.4 Å². The molecule has 0 aromatic carbocycles. The molecule has 0 aliphatic carbocycles. The first kappa shape index (κ1) is 19.7. The van der Waals surface area contributed by atoms with Crippen LogP contribution in [-0.2, 0) is 14.3 Å². The molecule has 0 saturated carbocycles. The first-order valence-electron chi connectivity index (χ1n) is 9.10. The molecule has 2 N–H and O–H groups in total. The Morgan fingerprint density at radius 3 is 2.44 bits per heavy atom. The maximum absolute atomic E-state index is 13.3. The summed E-state index contributed by atoms with van der Waals surface area (Å²) < 4.78 is 4.90. The van der Waals surface area contributed by atoms with Gasteiger partial charge in [-0.3, -0.25) is 14.5 Å². The Morgan fingerprint density at radius 1 is 1.28 bits per heavy atom. The molecule has 0 aromatic heterocycles. The van der Waals surface area contributed by atoms with Crippen molar-refractivity contribution in [1.29, 1.82) is 0 Å². The predicted molar refractivity (Wildman–Crippen MR) is 93.9 cm³/mol. The third-order valence-electron chi connectivity index (χ3n) is 6.29. The monoisotopic (exact) mass is 353 g/mol. The molecule has 0 aromatic rings. The summed E-state index contributed by atoms with van der Waals surface area (Å²) in [6.07, 6.45) is 2.25. The van der Waals surface area contributed by atoms with Crippen LogP contribution in [0.15, 0.2) is 0 Å². The number of hydrogen-bond donors (Lipinski definition) is 2. The van der Waals surface area contributed by atoms with Gasteiger partial charge in [0.25, 0.3) is 5.91 Å². The zero-order valence-corrected chi connectivity index (χ0v) is 16.2. The molecular weight excluding hydrogens is 322 g/mol. The van der Waals surface area contributed by atoms with E-state index in [1.54, 1.807) is 0 Å². The number of carbonyl (C=O) groups excluding carboxylic acids is 3. The smallest absolute Gasteiger partial charge is 0.325 e. The van der Waals surface area contributed by atoms with E-state index in [2.05, 4.69) is 38.3 Å². The lowest BCUT2D eigenvalue weighted by atomic mass is 9.61. The SMILES string of the molecule is CCC1(C)CC2(NC(=O)N(CCOC(C)=O)C2=O)C(C)C(C)(CC)N1. The molecule has 4 atom stereocenters. The minimum absolute atomic E-state index is 0.0211. The van der Waals surface area contributed by atoms with Crippen LogP contribution in [0.3, 0.4) is 0 Å². The Balaban J connectivity index is 2.33. The largest absolute Gasteiger partial charge is 0.464 e. The molecule has 0 bridgehead atoms. The van der Waals surface area contributed by atoms with Crippen molar-refractivity contribution < 1.29 is 19.1 Å². The van der Waals surface area contributed by atoms with Gasteiger partial charge in [0, 0.05) is 23.9 Å². The number of carbonyl (C=O) groups is 3. The van der Waals surface area contributed by atoms with Crippen LogP contribution in [0.2, 0.25) is 0 Å². The summed E-state index contributed by atoms with van der Waals surface area (Å²) in [7, 11) is 0. The van der Waals surface area contributed by atoms with E-state index < -0.39 is 17.5 Å². The molecule has 2 rings (SSSR count). The summed E-state index contributed by atoms with van der Waals surface area (Å²) in [6, 6.07) is -0.400. The van der Waals surface area contributed by atoms with Crippen LogP contribution < -0.4 is 10.6 Å². The second-order valence-electron chi connectivity index (χ2n) is 7.91. The van der Waals surface area contributed by atoms with Crippen LogP contribution in [0.4, 0.5) is 4.79 Å². The number of nitrogens with zero attached hydrogens (tertiary/aromatic N) is 1. The highest BCUT2D eigenvalue weighted by Crippen LogP contribution is 2.46. The topological polar surface area (TPSA) is 87.7 Å². The van der Waals surface area contributed by atoms with Gasteiger partial charge < -0.3 is 15.4 Å². The Labute approximate surface area is 149 Å². The van der Waals surface area contributed by atoms with E-state index in [1.807, 2.05) is 6.92 Å². The molecule has 0 radical (unpaired) electrons. The minimum Gasteiger partial charge on any atom is -0.464 e.